The summed E-state index contributed by atoms with van der Waals surface area (Å²) in [6.07, 6.45) is 11.7. The summed E-state index contributed by atoms with van der Waals surface area (Å²) in [7, 11) is 0. The quantitative estimate of drug-likeness (QED) is 0.535. The molecular formula is C24H27N5OS. The lowest BCUT2D eigenvalue weighted by Gasteiger charge is -2.29. The number of aryl methyl sites for hydroxylation is 1. The van der Waals surface area contributed by atoms with Crippen molar-refractivity contribution in [3.63, 3.8) is 0 Å². The van der Waals surface area contributed by atoms with Gasteiger partial charge in [-0.1, -0.05) is 49.2 Å². The molecule has 31 heavy (non-hydrogen) atoms. The van der Waals surface area contributed by atoms with Crippen LogP contribution in [0, 0.1) is 0 Å². The van der Waals surface area contributed by atoms with Gasteiger partial charge in [-0.2, -0.15) is 0 Å². The first-order valence-corrected chi connectivity index (χ1v) is 12.2. The first kappa shape index (κ1) is 20.2. The average Bonchev–Trinajstić information content (AvgIpc) is 3.27. The Morgan fingerprint density at radius 3 is 2.65 bits per heavy atom. The van der Waals surface area contributed by atoms with Crippen LogP contribution in [-0.4, -0.2) is 38.0 Å². The van der Waals surface area contributed by atoms with Gasteiger partial charge in [-0.3, -0.25) is 14.3 Å². The zero-order valence-corrected chi connectivity index (χ0v) is 18.4. The molecule has 160 valence electrons. The number of carbonyl (C=O) groups excluding carboxylic acids is 1. The summed E-state index contributed by atoms with van der Waals surface area (Å²) >= 11 is 1.52. The highest BCUT2D eigenvalue weighted by atomic mass is 32.2. The topological polar surface area (TPSA) is 63.9 Å². The number of pyridine rings is 1. The van der Waals surface area contributed by atoms with E-state index in [2.05, 4.69) is 37.9 Å². The van der Waals surface area contributed by atoms with Crippen molar-refractivity contribution >= 4 is 23.4 Å². The van der Waals surface area contributed by atoms with Gasteiger partial charge in [0.1, 0.15) is 0 Å². The van der Waals surface area contributed by atoms with E-state index in [1.54, 1.807) is 12.4 Å². The second kappa shape index (κ2) is 9.22. The molecule has 0 spiro atoms. The molecule has 0 radical (unpaired) electrons. The number of thioether (sulfide) groups is 1. The highest BCUT2D eigenvalue weighted by molar-refractivity contribution is 7.99. The number of aromatic nitrogens is 4. The van der Waals surface area contributed by atoms with Gasteiger partial charge in [-0.15, -0.1) is 10.2 Å². The lowest BCUT2D eigenvalue weighted by Crippen LogP contribution is -2.36. The maximum atomic E-state index is 13.1. The molecule has 0 atom stereocenters. The Hall–Kier alpha value is -2.67. The molecule has 0 saturated heterocycles. The Kier molecular flexibility index (Phi) is 6.02. The largest absolute Gasteiger partial charge is 0.311 e. The molecule has 5 rings (SSSR count). The van der Waals surface area contributed by atoms with Crippen molar-refractivity contribution in [2.24, 2.45) is 0 Å². The second-order valence-corrected chi connectivity index (χ2v) is 9.21. The number of hydrogen-bond acceptors (Lipinski definition) is 5. The normalized spacial score (nSPS) is 16.8. The van der Waals surface area contributed by atoms with Crippen LogP contribution in [0.15, 0.2) is 53.9 Å². The molecule has 0 bridgehead atoms. The zero-order valence-electron chi connectivity index (χ0n) is 17.6. The standard InChI is InChI=1S/C24H27N5OS/c30-22(28-16-6-8-18-7-4-5-11-21(18)28)17-31-24-27-26-23(19-12-14-25-15-13-19)29(24)20-9-2-1-3-10-20/h4-5,7,11-15,20H,1-3,6,8-10,16-17H2. The number of rotatable bonds is 5. The van der Waals surface area contributed by atoms with Crippen LogP contribution in [0.2, 0.25) is 0 Å². The minimum Gasteiger partial charge on any atom is -0.311 e. The van der Waals surface area contributed by atoms with Crippen molar-refractivity contribution in [1.82, 2.24) is 19.7 Å². The predicted octanol–water partition coefficient (Wildman–Crippen LogP) is 4.92. The van der Waals surface area contributed by atoms with Gasteiger partial charge in [0.05, 0.1) is 5.75 Å². The van der Waals surface area contributed by atoms with Gasteiger partial charge in [0.2, 0.25) is 5.91 Å². The van der Waals surface area contributed by atoms with Crippen LogP contribution >= 0.6 is 11.8 Å². The summed E-state index contributed by atoms with van der Waals surface area (Å²) in [6, 6.07) is 12.6. The van der Waals surface area contributed by atoms with Crippen LogP contribution in [-0.2, 0) is 11.2 Å². The molecule has 1 aromatic carbocycles. The molecular weight excluding hydrogens is 406 g/mol. The van der Waals surface area contributed by atoms with E-state index in [4.69, 9.17) is 0 Å². The second-order valence-electron chi connectivity index (χ2n) is 8.27. The van der Waals surface area contributed by atoms with Crippen molar-refractivity contribution < 1.29 is 4.79 Å². The number of anilines is 1. The highest BCUT2D eigenvalue weighted by Gasteiger charge is 2.26. The van der Waals surface area contributed by atoms with Crippen molar-refractivity contribution in [2.45, 2.75) is 56.1 Å². The molecule has 3 heterocycles. The number of carbonyl (C=O) groups is 1. The van der Waals surface area contributed by atoms with Crippen molar-refractivity contribution in [3.8, 4) is 11.4 Å². The minimum absolute atomic E-state index is 0.140. The molecule has 0 unspecified atom stereocenters. The smallest absolute Gasteiger partial charge is 0.237 e. The lowest BCUT2D eigenvalue weighted by molar-refractivity contribution is -0.116. The third kappa shape index (κ3) is 4.24. The summed E-state index contributed by atoms with van der Waals surface area (Å²) in [5, 5.41) is 9.89. The van der Waals surface area contributed by atoms with E-state index in [1.807, 2.05) is 23.1 Å². The molecule has 2 aromatic heterocycles. The molecule has 1 aliphatic heterocycles. The Balaban J connectivity index is 1.38. The van der Waals surface area contributed by atoms with E-state index >= 15 is 0 Å². The van der Waals surface area contributed by atoms with E-state index in [9.17, 15) is 4.79 Å². The van der Waals surface area contributed by atoms with E-state index < -0.39 is 0 Å². The Bertz CT molecular complexity index is 1050. The number of amides is 1. The van der Waals surface area contributed by atoms with Crippen LogP contribution in [0.1, 0.15) is 50.1 Å². The first-order valence-electron chi connectivity index (χ1n) is 11.2. The molecule has 1 amide bonds. The molecule has 7 heteroatoms. The van der Waals surface area contributed by atoms with Crippen LogP contribution in [0.4, 0.5) is 5.69 Å². The van der Waals surface area contributed by atoms with Gasteiger partial charge in [0, 0.05) is 36.2 Å². The van der Waals surface area contributed by atoms with Gasteiger partial charge in [0.25, 0.3) is 0 Å². The number of para-hydroxylation sites is 1. The summed E-state index contributed by atoms with van der Waals surface area (Å²) in [5.41, 5.74) is 3.35. The summed E-state index contributed by atoms with van der Waals surface area (Å²) in [4.78, 5) is 19.2. The number of hydrogen-bond donors (Lipinski definition) is 0. The van der Waals surface area contributed by atoms with Gasteiger partial charge >= 0.3 is 0 Å². The molecule has 2 aliphatic rings. The molecule has 3 aromatic rings. The number of nitrogens with zero attached hydrogens (tertiary/aromatic N) is 5. The van der Waals surface area contributed by atoms with Crippen LogP contribution in [0.25, 0.3) is 11.4 Å². The predicted molar refractivity (Wildman–Crippen MR) is 123 cm³/mol. The van der Waals surface area contributed by atoms with Crippen LogP contribution in [0.3, 0.4) is 0 Å². The van der Waals surface area contributed by atoms with E-state index in [0.29, 0.717) is 11.8 Å². The SMILES string of the molecule is O=C(CSc1nnc(-c2ccncc2)n1C1CCCCC1)N1CCCc2ccccc21. The van der Waals surface area contributed by atoms with Gasteiger partial charge in [0.15, 0.2) is 11.0 Å². The molecule has 0 N–H and O–H groups in total. The first-order chi connectivity index (χ1) is 15.3. The summed E-state index contributed by atoms with van der Waals surface area (Å²) < 4.78 is 2.27. The Labute approximate surface area is 187 Å². The lowest BCUT2D eigenvalue weighted by atomic mass is 9.95. The zero-order chi connectivity index (χ0) is 21.0. The van der Waals surface area contributed by atoms with Gasteiger partial charge in [-0.25, -0.2) is 0 Å². The number of fused-ring (bicyclic) bond motifs is 1. The fraction of sp³-hybridized carbons (Fsp3) is 0.417. The van der Waals surface area contributed by atoms with E-state index in [-0.39, 0.29) is 5.91 Å². The maximum Gasteiger partial charge on any atom is 0.237 e. The van der Waals surface area contributed by atoms with E-state index in [0.717, 1.165) is 54.5 Å². The summed E-state index contributed by atoms with van der Waals surface area (Å²) in [6.45, 7) is 0.786. The van der Waals surface area contributed by atoms with Crippen LogP contribution in [0.5, 0.6) is 0 Å². The van der Waals surface area contributed by atoms with Crippen molar-refractivity contribution in [2.75, 3.05) is 17.2 Å². The fourth-order valence-electron chi connectivity index (χ4n) is 4.74. The van der Waals surface area contributed by atoms with E-state index in [1.165, 1.54) is 36.6 Å². The summed E-state index contributed by atoms with van der Waals surface area (Å²) in [5.74, 6) is 1.39. The fourth-order valence-corrected chi connectivity index (χ4v) is 5.62. The molecule has 1 aliphatic carbocycles. The minimum atomic E-state index is 0.140. The van der Waals surface area contributed by atoms with Gasteiger partial charge < -0.3 is 4.90 Å². The Morgan fingerprint density at radius 1 is 1.00 bits per heavy atom. The third-order valence-electron chi connectivity index (χ3n) is 6.28. The Morgan fingerprint density at radius 2 is 1.81 bits per heavy atom. The number of benzene rings is 1. The third-order valence-corrected chi connectivity index (χ3v) is 7.21. The van der Waals surface area contributed by atoms with Crippen molar-refractivity contribution in [3.05, 3.63) is 54.4 Å². The monoisotopic (exact) mass is 433 g/mol. The average molecular weight is 434 g/mol. The van der Waals surface area contributed by atoms with Crippen LogP contribution < -0.4 is 4.90 Å². The maximum absolute atomic E-state index is 13.1. The molecule has 1 fully saturated rings. The van der Waals surface area contributed by atoms with Crippen molar-refractivity contribution in [1.29, 1.82) is 0 Å². The van der Waals surface area contributed by atoms with Gasteiger partial charge in [-0.05, 0) is 49.4 Å². The molecule has 1 saturated carbocycles. The molecule has 6 nitrogen and oxygen atoms in total. The highest BCUT2D eigenvalue weighted by Crippen LogP contribution is 2.36.